The Morgan fingerprint density at radius 1 is 1.59 bits per heavy atom. The minimum atomic E-state index is -0.0769. The van der Waals surface area contributed by atoms with Crippen LogP contribution in [0.5, 0.6) is 0 Å². The summed E-state index contributed by atoms with van der Waals surface area (Å²) in [7, 11) is 1.63. The van der Waals surface area contributed by atoms with Crippen molar-refractivity contribution in [3.05, 3.63) is 0 Å². The average molecular weight is 242 g/mol. The molecule has 0 saturated carbocycles. The van der Waals surface area contributed by atoms with Gasteiger partial charge in [0.05, 0.1) is 12.5 Å². The van der Waals surface area contributed by atoms with Gasteiger partial charge in [-0.15, -0.1) is 0 Å². The molecular formula is C12H22N2O3. The molecule has 1 atom stereocenters. The maximum Gasteiger partial charge on any atom is 0.227 e. The predicted molar refractivity (Wildman–Crippen MR) is 64.5 cm³/mol. The second-order valence-corrected chi connectivity index (χ2v) is 4.66. The van der Waals surface area contributed by atoms with E-state index >= 15 is 0 Å². The lowest BCUT2D eigenvalue weighted by molar-refractivity contribution is -0.139. The molecule has 1 N–H and O–H groups in total. The third-order valence-electron chi connectivity index (χ3n) is 3.06. The molecule has 98 valence electrons. The summed E-state index contributed by atoms with van der Waals surface area (Å²) in [6, 6.07) is 0.162. The number of carbonyl (C=O) groups excluding carboxylic acids is 2. The lowest BCUT2D eigenvalue weighted by atomic mass is 9.97. The highest BCUT2D eigenvalue weighted by Gasteiger charge is 2.29. The molecule has 0 radical (unpaired) electrons. The zero-order chi connectivity index (χ0) is 12.8. The van der Waals surface area contributed by atoms with Crippen LogP contribution < -0.4 is 5.32 Å². The predicted octanol–water partition coefficient (Wildman–Crippen LogP) is 0.396. The van der Waals surface area contributed by atoms with E-state index in [1.54, 1.807) is 7.11 Å². The van der Waals surface area contributed by atoms with Gasteiger partial charge in [-0.1, -0.05) is 0 Å². The maximum atomic E-state index is 12.3. The van der Waals surface area contributed by atoms with E-state index in [1.165, 1.54) is 0 Å². The van der Waals surface area contributed by atoms with E-state index in [4.69, 9.17) is 4.74 Å². The molecule has 0 aliphatic carbocycles. The molecule has 17 heavy (non-hydrogen) atoms. The van der Waals surface area contributed by atoms with E-state index in [0.29, 0.717) is 32.5 Å². The summed E-state index contributed by atoms with van der Waals surface area (Å²) in [6.45, 7) is 5.61. The lowest BCUT2D eigenvalue weighted by Crippen LogP contribution is -2.48. The fourth-order valence-corrected chi connectivity index (χ4v) is 1.99. The van der Waals surface area contributed by atoms with Gasteiger partial charge in [-0.3, -0.25) is 9.59 Å². The number of piperidine rings is 1. The van der Waals surface area contributed by atoms with E-state index in [9.17, 15) is 9.59 Å². The lowest BCUT2D eigenvalue weighted by Gasteiger charge is -2.32. The molecule has 1 aliphatic rings. The minimum absolute atomic E-state index is 0.0436. The molecule has 5 nitrogen and oxygen atoms in total. The van der Waals surface area contributed by atoms with Gasteiger partial charge >= 0.3 is 0 Å². The van der Waals surface area contributed by atoms with Gasteiger partial charge in [-0.05, 0) is 20.3 Å². The van der Waals surface area contributed by atoms with E-state index in [2.05, 4.69) is 5.32 Å². The van der Waals surface area contributed by atoms with Gasteiger partial charge < -0.3 is 15.0 Å². The summed E-state index contributed by atoms with van der Waals surface area (Å²) in [5, 5.41) is 2.75. The summed E-state index contributed by atoms with van der Waals surface area (Å²) in [4.78, 5) is 25.1. The van der Waals surface area contributed by atoms with Crippen molar-refractivity contribution < 1.29 is 14.3 Å². The van der Waals surface area contributed by atoms with Gasteiger partial charge in [0.1, 0.15) is 0 Å². The molecule has 5 heteroatoms. The van der Waals surface area contributed by atoms with Crippen molar-refractivity contribution >= 4 is 11.8 Å². The molecule has 1 saturated heterocycles. The largest absolute Gasteiger partial charge is 0.383 e. The summed E-state index contributed by atoms with van der Waals surface area (Å²) in [6.07, 6.45) is 1.10. The fraction of sp³-hybridized carbons (Fsp3) is 0.833. The number of nitrogens with one attached hydrogen (secondary N) is 1. The fourth-order valence-electron chi connectivity index (χ4n) is 1.99. The molecule has 0 spiro atoms. The van der Waals surface area contributed by atoms with Gasteiger partial charge in [-0.2, -0.15) is 0 Å². The molecule has 1 aliphatic heterocycles. The van der Waals surface area contributed by atoms with Crippen LogP contribution in [-0.2, 0) is 14.3 Å². The second kappa shape index (κ2) is 6.59. The topological polar surface area (TPSA) is 58.6 Å². The number of amides is 2. The molecule has 1 heterocycles. The molecule has 1 unspecified atom stereocenters. The van der Waals surface area contributed by atoms with Crippen LogP contribution in [0.25, 0.3) is 0 Å². The van der Waals surface area contributed by atoms with Crippen LogP contribution in [0.2, 0.25) is 0 Å². The SMILES string of the molecule is COCCN(C(=O)C1CCC(=O)NC1)C(C)C. The number of ether oxygens (including phenoxy) is 1. The number of nitrogens with zero attached hydrogens (tertiary/aromatic N) is 1. The van der Waals surface area contributed by atoms with Crippen LogP contribution in [0.1, 0.15) is 26.7 Å². The summed E-state index contributed by atoms with van der Waals surface area (Å²) >= 11 is 0. The molecule has 0 aromatic carbocycles. The minimum Gasteiger partial charge on any atom is -0.383 e. The first-order valence-corrected chi connectivity index (χ1v) is 6.12. The molecular weight excluding hydrogens is 220 g/mol. The molecule has 1 rings (SSSR count). The third-order valence-corrected chi connectivity index (χ3v) is 3.06. The van der Waals surface area contributed by atoms with Crippen LogP contribution in [0, 0.1) is 5.92 Å². The summed E-state index contributed by atoms with van der Waals surface area (Å²) in [5.74, 6) is 0.0889. The first-order chi connectivity index (χ1) is 8.06. The molecule has 1 fully saturated rings. The number of rotatable bonds is 5. The first-order valence-electron chi connectivity index (χ1n) is 6.12. The molecule has 2 amide bonds. The van der Waals surface area contributed by atoms with Crippen LogP contribution in [-0.4, -0.2) is 49.6 Å². The second-order valence-electron chi connectivity index (χ2n) is 4.66. The Morgan fingerprint density at radius 2 is 2.29 bits per heavy atom. The van der Waals surface area contributed by atoms with E-state index in [1.807, 2.05) is 18.7 Å². The van der Waals surface area contributed by atoms with E-state index < -0.39 is 0 Å². The number of hydrogen-bond acceptors (Lipinski definition) is 3. The van der Waals surface area contributed by atoms with Crippen LogP contribution in [0.3, 0.4) is 0 Å². The Kier molecular flexibility index (Phi) is 5.41. The number of hydrogen-bond donors (Lipinski definition) is 1. The van der Waals surface area contributed by atoms with Crippen molar-refractivity contribution in [2.45, 2.75) is 32.7 Å². The molecule has 0 aromatic heterocycles. The van der Waals surface area contributed by atoms with Crippen LogP contribution in [0.4, 0.5) is 0 Å². The van der Waals surface area contributed by atoms with E-state index in [0.717, 1.165) is 0 Å². The van der Waals surface area contributed by atoms with E-state index in [-0.39, 0.29) is 23.8 Å². The summed E-state index contributed by atoms with van der Waals surface area (Å²) < 4.78 is 5.01. The number of carbonyl (C=O) groups is 2. The highest BCUT2D eigenvalue weighted by atomic mass is 16.5. The van der Waals surface area contributed by atoms with Crippen molar-refractivity contribution in [1.29, 1.82) is 0 Å². The van der Waals surface area contributed by atoms with Crippen molar-refractivity contribution in [2.75, 3.05) is 26.8 Å². The highest BCUT2D eigenvalue weighted by Crippen LogP contribution is 2.15. The van der Waals surface area contributed by atoms with Crippen molar-refractivity contribution in [3.8, 4) is 0 Å². The molecule has 0 aromatic rings. The van der Waals surface area contributed by atoms with Gasteiger partial charge in [-0.25, -0.2) is 0 Å². The van der Waals surface area contributed by atoms with Gasteiger partial charge in [0.2, 0.25) is 11.8 Å². The van der Waals surface area contributed by atoms with Gasteiger partial charge in [0.25, 0.3) is 0 Å². The van der Waals surface area contributed by atoms with Crippen molar-refractivity contribution in [2.24, 2.45) is 5.92 Å². The Labute approximate surface area is 102 Å². The third kappa shape index (κ3) is 4.00. The van der Waals surface area contributed by atoms with Crippen LogP contribution in [0.15, 0.2) is 0 Å². The summed E-state index contributed by atoms with van der Waals surface area (Å²) in [5.41, 5.74) is 0. The average Bonchev–Trinajstić information content (AvgIpc) is 2.29. The van der Waals surface area contributed by atoms with Gasteiger partial charge in [0.15, 0.2) is 0 Å². The Morgan fingerprint density at radius 3 is 2.76 bits per heavy atom. The zero-order valence-corrected chi connectivity index (χ0v) is 10.9. The number of methoxy groups -OCH3 is 1. The van der Waals surface area contributed by atoms with Crippen molar-refractivity contribution in [3.63, 3.8) is 0 Å². The standard InChI is InChI=1S/C12H22N2O3/c1-9(2)14(6-7-17-3)12(16)10-4-5-11(15)13-8-10/h9-10H,4-8H2,1-3H3,(H,13,15). The van der Waals surface area contributed by atoms with Crippen molar-refractivity contribution in [1.82, 2.24) is 10.2 Å². The van der Waals surface area contributed by atoms with Gasteiger partial charge in [0, 0.05) is 32.7 Å². The first kappa shape index (κ1) is 14.0. The Bertz CT molecular complexity index is 269. The Hall–Kier alpha value is -1.10. The Balaban J connectivity index is 2.54. The zero-order valence-electron chi connectivity index (χ0n) is 10.9. The highest BCUT2D eigenvalue weighted by molar-refractivity contribution is 5.83. The smallest absolute Gasteiger partial charge is 0.227 e. The normalized spacial score (nSPS) is 20.2. The quantitative estimate of drug-likeness (QED) is 0.759. The maximum absolute atomic E-state index is 12.3. The molecule has 0 bridgehead atoms. The monoisotopic (exact) mass is 242 g/mol. The van der Waals surface area contributed by atoms with Crippen LogP contribution >= 0.6 is 0 Å².